The van der Waals surface area contributed by atoms with E-state index < -0.39 is 0 Å². The molecule has 6 rings (SSSR count). The molecule has 1 N–H and O–H groups in total. The summed E-state index contributed by atoms with van der Waals surface area (Å²) in [7, 11) is 0. The Morgan fingerprint density at radius 1 is 1.03 bits per heavy atom. The molecule has 5 heterocycles. The van der Waals surface area contributed by atoms with Crippen LogP contribution in [-0.2, 0) is 0 Å². The van der Waals surface area contributed by atoms with Crippen molar-refractivity contribution in [1.29, 1.82) is 0 Å². The van der Waals surface area contributed by atoms with Crippen LogP contribution in [0.25, 0.3) is 11.1 Å². The third kappa shape index (κ3) is 4.47. The fourth-order valence-corrected chi connectivity index (χ4v) is 4.96. The molecule has 3 fully saturated rings. The zero-order chi connectivity index (χ0) is 24.2. The molecule has 180 valence electrons. The van der Waals surface area contributed by atoms with Crippen molar-refractivity contribution in [2.24, 2.45) is 5.41 Å². The minimum Gasteiger partial charge on any atom is -0.356 e. The Morgan fingerprint density at radius 3 is 2.43 bits per heavy atom. The van der Waals surface area contributed by atoms with Gasteiger partial charge in [-0.25, -0.2) is 4.98 Å². The van der Waals surface area contributed by atoms with E-state index in [0.717, 1.165) is 73.2 Å². The first-order chi connectivity index (χ1) is 16.8. The quantitative estimate of drug-likeness (QED) is 0.547. The van der Waals surface area contributed by atoms with Crippen LogP contribution in [0.3, 0.4) is 0 Å². The van der Waals surface area contributed by atoms with Gasteiger partial charge in [-0.2, -0.15) is 0 Å². The van der Waals surface area contributed by atoms with Crippen LogP contribution < -0.4 is 15.1 Å². The molecule has 7 heteroatoms. The van der Waals surface area contributed by atoms with Gasteiger partial charge in [0.2, 0.25) is 0 Å². The molecule has 0 bridgehead atoms. The van der Waals surface area contributed by atoms with Gasteiger partial charge in [0.05, 0.1) is 11.9 Å². The van der Waals surface area contributed by atoms with E-state index in [2.05, 4.69) is 51.1 Å². The summed E-state index contributed by atoms with van der Waals surface area (Å²) in [6, 6.07) is 10.0. The second-order valence-electron chi connectivity index (χ2n) is 11.0. The van der Waals surface area contributed by atoms with Gasteiger partial charge in [0.1, 0.15) is 11.6 Å². The van der Waals surface area contributed by atoms with E-state index in [0.29, 0.717) is 22.6 Å². The highest BCUT2D eigenvalue weighted by Crippen LogP contribution is 2.39. The Balaban J connectivity index is 1.30. The standard InChI is InChI=1S/C28H32N6O/c1-18-23(14-22(15-30-18)31-27(35)20-7-8-29-24(11-20)19-5-6-19)21-12-25(33-9-4-10-33)32-26(13-21)34-16-28(2,3)17-34/h7-8,11-15,19H,4-6,9-10,16-17H2,1-3H3,(H,31,35). The van der Waals surface area contributed by atoms with Crippen molar-refractivity contribution in [3.8, 4) is 11.1 Å². The maximum absolute atomic E-state index is 13.0. The first-order valence-corrected chi connectivity index (χ1v) is 12.6. The van der Waals surface area contributed by atoms with Gasteiger partial charge < -0.3 is 15.1 Å². The van der Waals surface area contributed by atoms with E-state index in [9.17, 15) is 4.79 Å². The van der Waals surface area contributed by atoms with Gasteiger partial charge in [-0.15, -0.1) is 0 Å². The Bertz CT molecular complexity index is 1290. The normalized spacial score (nSPS) is 18.6. The van der Waals surface area contributed by atoms with Crippen LogP contribution in [-0.4, -0.2) is 47.0 Å². The molecule has 2 aliphatic heterocycles. The van der Waals surface area contributed by atoms with Crippen molar-refractivity contribution in [2.45, 2.75) is 46.0 Å². The molecule has 0 spiro atoms. The van der Waals surface area contributed by atoms with E-state index in [1.165, 1.54) is 6.42 Å². The minimum absolute atomic E-state index is 0.134. The molecule has 1 aliphatic carbocycles. The van der Waals surface area contributed by atoms with E-state index in [-0.39, 0.29) is 5.91 Å². The Labute approximate surface area is 206 Å². The number of aromatic nitrogens is 3. The smallest absolute Gasteiger partial charge is 0.255 e. The molecule has 7 nitrogen and oxygen atoms in total. The molecule has 0 radical (unpaired) electrons. The van der Waals surface area contributed by atoms with Gasteiger partial charge in [-0.3, -0.25) is 14.8 Å². The van der Waals surface area contributed by atoms with Crippen LogP contribution in [0.2, 0.25) is 0 Å². The highest BCUT2D eigenvalue weighted by atomic mass is 16.1. The van der Waals surface area contributed by atoms with Crippen molar-refractivity contribution >= 4 is 23.2 Å². The van der Waals surface area contributed by atoms with Crippen LogP contribution in [0, 0.1) is 12.3 Å². The number of carbonyl (C=O) groups is 1. The number of pyridine rings is 3. The van der Waals surface area contributed by atoms with E-state index in [1.54, 1.807) is 18.5 Å². The third-order valence-corrected chi connectivity index (χ3v) is 7.23. The topological polar surface area (TPSA) is 74.2 Å². The number of anilines is 3. The fraction of sp³-hybridized carbons (Fsp3) is 0.429. The average molecular weight is 469 g/mol. The SMILES string of the molecule is Cc1ncc(NC(=O)c2ccnc(C3CC3)c2)cc1-c1cc(N2CCC2)nc(N2CC(C)(C)C2)c1. The molecule has 0 atom stereocenters. The zero-order valence-corrected chi connectivity index (χ0v) is 20.7. The lowest BCUT2D eigenvalue weighted by atomic mass is 9.84. The van der Waals surface area contributed by atoms with E-state index in [4.69, 9.17) is 4.98 Å². The third-order valence-electron chi connectivity index (χ3n) is 7.23. The summed E-state index contributed by atoms with van der Waals surface area (Å²) in [5, 5.41) is 3.05. The summed E-state index contributed by atoms with van der Waals surface area (Å²) in [6.07, 6.45) is 6.99. The number of carbonyl (C=O) groups excluding carboxylic acids is 1. The molecule has 0 unspecified atom stereocenters. The summed E-state index contributed by atoms with van der Waals surface area (Å²) >= 11 is 0. The van der Waals surface area contributed by atoms with Gasteiger partial charge in [0.15, 0.2) is 0 Å². The van der Waals surface area contributed by atoms with E-state index in [1.807, 2.05) is 19.1 Å². The summed E-state index contributed by atoms with van der Waals surface area (Å²) in [5.41, 5.74) is 5.69. The molecule has 3 aromatic rings. The van der Waals surface area contributed by atoms with Crippen molar-refractivity contribution in [3.05, 3.63) is 59.7 Å². The maximum atomic E-state index is 13.0. The largest absolute Gasteiger partial charge is 0.356 e. The monoisotopic (exact) mass is 468 g/mol. The average Bonchev–Trinajstić information content (AvgIpc) is 3.63. The number of hydrogen-bond donors (Lipinski definition) is 1. The van der Waals surface area contributed by atoms with Crippen LogP contribution in [0.15, 0.2) is 42.7 Å². The Hall–Kier alpha value is -3.48. The number of hydrogen-bond acceptors (Lipinski definition) is 6. The number of rotatable bonds is 6. The molecule has 2 saturated heterocycles. The number of nitrogens with zero attached hydrogens (tertiary/aromatic N) is 5. The minimum atomic E-state index is -0.134. The van der Waals surface area contributed by atoms with Gasteiger partial charge in [0, 0.05) is 60.8 Å². The number of amides is 1. The molecule has 0 aromatic carbocycles. The molecular weight excluding hydrogens is 436 g/mol. The highest BCUT2D eigenvalue weighted by Gasteiger charge is 2.35. The van der Waals surface area contributed by atoms with Crippen LogP contribution in [0.1, 0.15) is 60.8 Å². The van der Waals surface area contributed by atoms with Crippen molar-refractivity contribution < 1.29 is 4.79 Å². The summed E-state index contributed by atoms with van der Waals surface area (Å²) < 4.78 is 0. The van der Waals surface area contributed by atoms with Gasteiger partial charge in [-0.05, 0) is 67.5 Å². The molecular formula is C28H32N6O. The molecule has 3 aromatic heterocycles. The molecule has 1 amide bonds. The molecule has 3 aliphatic rings. The Kier molecular flexibility index (Phi) is 5.24. The fourth-order valence-electron chi connectivity index (χ4n) is 4.96. The second kappa shape index (κ2) is 8.33. The lowest BCUT2D eigenvalue weighted by Crippen LogP contribution is -2.53. The lowest BCUT2D eigenvalue weighted by molar-refractivity contribution is 0.102. The predicted octanol–water partition coefficient (Wildman–Crippen LogP) is 5.03. The first-order valence-electron chi connectivity index (χ1n) is 12.6. The van der Waals surface area contributed by atoms with Crippen molar-refractivity contribution in [2.75, 3.05) is 41.3 Å². The maximum Gasteiger partial charge on any atom is 0.255 e. The molecule has 1 saturated carbocycles. The van der Waals surface area contributed by atoms with Gasteiger partial charge in [-0.1, -0.05) is 13.8 Å². The number of aryl methyl sites for hydroxylation is 1. The zero-order valence-electron chi connectivity index (χ0n) is 20.7. The van der Waals surface area contributed by atoms with Crippen LogP contribution in [0.5, 0.6) is 0 Å². The van der Waals surface area contributed by atoms with Gasteiger partial charge in [0.25, 0.3) is 5.91 Å². The van der Waals surface area contributed by atoms with E-state index >= 15 is 0 Å². The highest BCUT2D eigenvalue weighted by molar-refractivity contribution is 6.04. The summed E-state index contributed by atoms with van der Waals surface area (Å²) in [6.45, 7) is 10.7. The van der Waals surface area contributed by atoms with Crippen LogP contribution in [0.4, 0.5) is 17.3 Å². The lowest BCUT2D eigenvalue weighted by Gasteiger charge is -2.47. The summed E-state index contributed by atoms with van der Waals surface area (Å²) in [4.78, 5) is 31.7. The van der Waals surface area contributed by atoms with Crippen molar-refractivity contribution in [3.63, 3.8) is 0 Å². The molecule has 35 heavy (non-hydrogen) atoms. The summed E-state index contributed by atoms with van der Waals surface area (Å²) in [5.74, 6) is 2.41. The number of nitrogens with one attached hydrogen (secondary N) is 1. The predicted molar refractivity (Wildman–Crippen MR) is 139 cm³/mol. The van der Waals surface area contributed by atoms with Gasteiger partial charge >= 0.3 is 0 Å². The van der Waals surface area contributed by atoms with Crippen LogP contribution >= 0.6 is 0 Å². The first kappa shape index (κ1) is 22.0. The second-order valence-corrected chi connectivity index (χ2v) is 11.0. The van der Waals surface area contributed by atoms with Crippen molar-refractivity contribution in [1.82, 2.24) is 15.0 Å². The Morgan fingerprint density at radius 2 is 1.77 bits per heavy atom.